The van der Waals surface area contributed by atoms with Crippen LogP contribution in [0.1, 0.15) is 46.5 Å². The van der Waals surface area contributed by atoms with Gasteiger partial charge in [0.05, 0.1) is 6.10 Å². The van der Waals surface area contributed by atoms with Gasteiger partial charge >= 0.3 is 5.97 Å². The van der Waals surface area contributed by atoms with Crippen LogP contribution in [0.3, 0.4) is 0 Å². The average molecular weight is 402 g/mol. The van der Waals surface area contributed by atoms with Gasteiger partial charge in [0.2, 0.25) is 0 Å². The van der Waals surface area contributed by atoms with Crippen LogP contribution in [0.25, 0.3) is 0 Å². The molecule has 0 aromatic rings. The van der Waals surface area contributed by atoms with Crippen molar-refractivity contribution in [3.63, 3.8) is 0 Å². The van der Waals surface area contributed by atoms with Crippen molar-refractivity contribution in [1.82, 2.24) is 0 Å². The number of carbonyl (C=O) groups excluding carboxylic acids is 3. The van der Waals surface area contributed by atoms with E-state index >= 15 is 4.39 Å². The lowest BCUT2D eigenvalue weighted by Crippen LogP contribution is -2.66. The molecule has 0 radical (unpaired) electrons. The summed E-state index contributed by atoms with van der Waals surface area (Å²) in [5, 5.41) is 11.1. The lowest BCUT2D eigenvalue weighted by molar-refractivity contribution is -0.185. The Bertz CT molecular complexity index is 886. The lowest BCUT2D eigenvalue weighted by atomic mass is 9.45. The van der Waals surface area contributed by atoms with E-state index in [0.717, 1.165) is 5.57 Å². The van der Waals surface area contributed by atoms with Gasteiger partial charge in [0, 0.05) is 29.2 Å². The Morgan fingerprint density at radius 2 is 2.03 bits per heavy atom. The Hall–Kier alpha value is -2.08. The van der Waals surface area contributed by atoms with Crippen LogP contribution in [-0.4, -0.2) is 41.0 Å². The zero-order chi connectivity index (χ0) is 21.2. The van der Waals surface area contributed by atoms with E-state index in [1.807, 2.05) is 13.0 Å². The quantitative estimate of drug-likeness (QED) is 0.734. The largest absolute Gasteiger partial charge is 0.457 e. The van der Waals surface area contributed by atoms with E-state index in [2.05, 4.69) is 0 Å². The molecular formula is C23H27FO5. The van der Waals surface area contributed by atoms with Gasteiger partial charge in [-0.15, -0.1) is 0 Å². The molecule has 4 rings (SSSR count). The number of hydrogen-bond acceptors (Lipinski definition) is 5. The second kappa shape index (κ2) is 6.46. The number of ether oxygens (including phenoxy) is 1. The molecule has 29 heavy (non-hydrogen) atoms. The molecule has 0 amide bonds. The van der Waals surface area contributed by atoms with Crippen LogP contribution in [0, 0.1) is 22.7 Å². The Kier molecular flexibility index (Phi) is 4.50. The van der Waals surface area contributed by atoms with E-state index in [1.165, 1.54) is 19.1 Å². The molecule has 0 saturated heterocycles. The molecule has 2 saturated carbocycles. The molecule has 2 fully saturated rings. The zero-order valence-electron chi connectivity index (χ0n) is 17.0. The first-order valence-electron chi connectivity index (χ1n) is 10.2. The van der Waals surface area contributed by atoms with Gasteiger partial charge in [-0.1, -0.05) is 24.6 Å². The molecular weight excluding hydrogens is 375 g/mol. The van der Waals surface area contributed by atoms with Crippen LogP contribution in [0.15, 0.2) is 35.5 Å². The number of Topliss-reactive ketones (excluding diaryl/α,β-unsaturated/α-hetero) is 1. The third-order valence-corrected chi connectivity index (χ3v) is 7.93. The van der Waals surface area contributed by atoms with E-state index in [9.17, 15) is 19.5 Å². The summed E-state index contributed by atoms with van der Waals surface area (Å²) in [6.07, 6.45) is 6.89. The van der Waals surface area contributed by atoms with Crippen LogP contribution in [-0.2, 0) is 19.1 Å². The lowest BCUT2D eigenvalue weighted by Gasteiger charge is -2.61. The van der Waals surface area contributed by atoms with Gasteiger partial charge in [-0.3, -0.25) is 14.4 Å². The molecule has 0 aromatic carbocycles. The molecule has 6 atom stereocenters. The number of rotatable bonds is 3. The van der Waals surface area contributed by atoms with Crippen molar-refractivity contribution in [2.75, 3.05) is 6.61 Å². The minimum atomic E-state index is -1.90. The van der Waals surface area contributed by atoms with E-state index in [-0.39, 0.29) is 30.5 Å². The highest BCUT2D eigenvalue weighted by atomic mass is 19.1. The molecule has 6 heteroatoms. The fraction of sp³-hybridized carbons (Fsp3) is 0.609. The minimum Gasteiger partial charge on any atom is -0.457 e. The molecule has 4 aliphatic carbocycles. The van der Waals surface area contributed by atoms with Gasteiger partial charge in [0.15, 0.2) is 23.8 Å². The summed E-state index contributed by atoms with van der Waals surface area (Å²) < 4.78 is 21.7. The van der Waals surface area contributed by atoms with Gasteiger partial charge in [-0.05, 0) is 50.7 Å². The second-order valence-electron chi connectivity index (χ2n) is 9.32. The van der Waals surface area contributed by atoms with Crippen LogP contribution in [0.2, 0.25) is 0 Å². The Balaban J connectivity index is 1.68. The number of hydrogen-bond donors (Lipinski definition) is 1. The van der Waals surface area contributed by atoms with Crippen LogP contribution in [0.5, 0.6) is 0 Å². The van der Waals surface area contributed by atoms with Gasteiger partial charge < -0.3 is 9.84 Å². The van der Waals surface area contributed by atoms with Crippen molar-refractivity contribution in [2.45, 2.75) is 58.2 Å². The number of alkyl halides is 1. The molecule has 0 heterocycles. The highest BCUT2D eigenvalue weighted by molar-refractivity contribution is 6.01. The third-order valence-electron chi connectivity index (χ3n) is 7.93. The first-order valence-corrected chi connectivity index (χ1v) is 10.2. The van der Waals surface area contributed by atoms with Crippen molar-refractivity contribution in [3.8, 4) is 0 Å². The van der Waals surface area contributed by atoms with Gasteiger partial charge in [0.1, 0.15) is 0 Å². The number of fused-ring (bicyclic) bond motifs is 5. The predicted octanol–water partition coefficient (Wildman–Crippen LogP) is 3.03. The van der Waals surface area contributed by atoms with Crippen LogP contribution in [0.4, 0.5) is 4.39 Å². The Labute approximate surface area is 169 Å². The fourth-order valence-electron chi connectivity index (χ4n) is 6.46. The number of aliphatic hydroxyl groups excluding tert-OH is 1. The monoisotopic (exact) mass is 402 g/mol. The predicted molar refractivity (Wildman–Crippen MR) is 103 cm³/mol. The molecule has 156 valence electrons. The van der Waals surface area contributed by atoms with Crippen molar-refractivity contribution in [3.05, 3.63) is 35.5 Å². The summed E-state index contributed by atoms with van der Waals surface area (Å²) in [6, 6.07) is 0. The normalized spacial score (nSPS) is 42.9. The SMILES string of the molecule is CC(=O)OCC(=O)C1=CC[C@H]2[C@@H]3CCC4=CC(=O)C=C[C@]4(C)[C@@]3(F)[C@@H](O)C[C@@]12C. The van der Waals surface area contributed by atoms with Gasteiger partial charge in [0.25, 0.3) is 0 Å². The van der Waals surface area contributed by atoms with Crippen LogP contribution < -0.4 is 0 Å². The molecule has 0 unspecified atom stereocenters. The van der Waals surface area contributed by atoms with Crippen molar-refractivity contribution in [1.29, 1.82) is 0 Å². The third kappa shape index (κ3) is 2.64. The maximum Gasteiger partial charge on any atom is 0.303 e. The summed E-state index contributed by atoms with van der Waals surface area (Å²) in [4.78, 5) is 35.6. The molecule has 0 spiro atoms. The minimum absolute atomic E-state index is 0.118. The number of carbonyl (C=O) groups is 3. The smallest absolute Gasteiger partial charge is 0.303 e. The molecule has 5 nitrogen and oxygen atoms in total. The maximum atomic E-state index is 16.8. The van der Waals surface area contributed by atoms with Gasteiger partial charge in [-0.2, -0.15) is 0 Å². The van der Waals surface area contributed by atoms with Crippen molar-refractivity contribution < 1.29 is 28.6 Å². The highest BCUT2D eigenvalue weighted by Gasteiger charge is 2.69. The van der Waals surface area contributed by atoms with Crippen molar-refractivity contribution in [2.24, 2.45) is 22.7 Å². The van der Waals surface area contributed by atoms with E-state index in [1.54, 1.807) is 13.0 Å². The Morgan fingerprint density at radius 3 is 2.72 bits per heavy atom. The number of esters is 1. The second-order valence-corrected chi connectivity index (χ2v) is 9.32. The average Bonchev–Trinajstić information content (AvgIpc) is 2.98. The first-order chi connectivity index (χ1) is 13.5. The molecule has 0 bridgehead atoms. The van der Waals surface area contributed by atoms with E-state index < -0.39 is 34.5 Å². The zero-order valence-corrected chi connectivity index (χ0v) is 17.0. The molecule has 4 aliphatic rings. The number of allylic oxidation sites excluding steroid dienone is 5. The molecule has 1 N–H and O–H groups in total. The summed E-state index contributed by atoms with van der Waals surface area (Å²) in [5.74, 6) is -1.52. The molecule has 0 aliphatic heterocycles. The standard InChI is InChI=1S/C23H27FO5/c1-13(25)29-12-19(27)18-7-6-16-17-5-4-14-10-15(26)8-9-22(14,3)23(17,24)20(28)11-21(16,18)2/h7-10,16-17,20,28H,4-6,11-12H2,1-3H3/t16-,17-,20-,21+,22-,23-/m0/s1. The first kappa shape index (κ1) is 20.2. The summed E-state index contributed by atoms with van der Waals surface area (Å²) in [7, 11) is 0. The van der Waals surface area contributed by atoms with Crippen molar-refractivity contribution >= 4 is 17.5 Å². The topological polar surface area (TPSA) is 80.7 Å². The number of halogens is 1. The van der Waals surface area contributed by atoms with Gasteiger partial charge in [-0.25, -0.2) is 4.39 Å². The number of aliphatic hydroxyl groups is 1. The maximum absolute atomic E-state index is 16.8. The summed E-state index contributed by atoms with van der Waals surface area (Å²) >= 11 is 0. The van der Waals surface area contributed by atoms with E-state index in [0.29, 0.717) is 24.8 Å². The summed E-state index contributed by atoms with van der Waals surface area (Å²) in [5.41, 5.74) is -2.33. The Morgan fingerprint density at radius 1 is 1.31 bits per heavy atom. The number of ketones is 2. The highest BCUT2D eigenvalue weighted by Crippen LogP contribution is 2.67. The fourth-order valence-corrected chi connectivity index (χ4v) is 6.46. The molecule has 0 aromatic heterocycles. The van der Waals surface area contributed by atoms with Crippen LogP contribution >= 0.6 is 0 Å². The van der Waals surface area contributed by atoms with E-state index in [4.69, 9.17) is 4.74 Å². The summed E-state index contributed by atoms with van der Waals surface area (Å²) in [6.45, 7) is 4.60.